The van der Waals surface area contributed by atoms with Crippen LogP contribution in [0, 0.1) is 0 Å². The van der Waals surface area contributed by atoms with Crippen molar-refractivity contribution in [2.24, 2.45) is 4.99 Å². The Kier molecular flexibility index (Phi) is 10.9. The van der Waals surface area contributed by atoms with Gasteiger partial charge in [0.2, 0.25) is 0 Å². The quantitative estimate of drug-likeness (QED) is 0.311. The number of hydrogen-bond acceptors (Lipinski definition) is 5. The normalized spacial score (nSPS) is 21.0. The molecule has 0 aromatic carbocycles. The molecule has 2 N–H and O–H groups in total. The van der Waals surface area contributed by atoms with Gasteiger partial charge in [-0.2, -0.15) is 0 Å². The highest BCUT2D eigenvalue weighted by atomic mass is 127. The lowest BCUT2D eigenvalue weighted by molar-refractivity contribution is -0.0946. The summed E-state index contributed by atoms with van der Waals surface area (Å²) in [5, 5.41) is 11.1. The number of aliphatic imine (C=N–C) groups is 1. The maximum absolute atomic E-state index is 5.89. The third-order valence-corrected chi connectivity index (χ3v) is 5.31. The number of hydrogen-bond donors (Lipinski definition) is 2. The van der Waals surface area contributed by atoms with E-state index in [1.54, 1.807) is 0 Å². The van der Waals surface area contributed by atoms with E-state index in [-0.39, 0.29) is 41.7 Å². The van der Waals surface area contributed by atoms with Gasteiger partial charge in [-0.25, -0.2) is 4.99 Å². The monoisotopic (exact) mass is 521 g/mol. The lowest BCUT2D eigenvalue weighted by Crippen LogP contribution is -2.59. The van der Waals surface area contributed by atoms with E-state index in [1.165, 1.54) is 0 Å². The van der Waals surface area contributed by atoms with Gasteiger partial charge in [0.15, 0.2) is 5.96 Å². The van der Waals surface area contributed by atoms with Crippen molar-refractivity contribution in [2.45, 2.75) is 85.6 Å². The van der Waals surface area contributed by atoms with Gasteiger partial charge in [-0.3, -0.25) is 4.90 Å². The first kappa shape index (κ1) is 26.2. The number of rotatable bonds is 8. The second-order valence-corrected chi connectivity index (χ2v) is 8.26. The van der Waals surface area contributed by atoms with Crippen molar-refractivity contribution in [1.82, 2.24) is 20.7 Å². The largest absolute Gasteiger partial charge is 0.373 e. The molecule has 8 heteroatoms. The fraction of sp³-hybridized carbons (Fsp3) is 0.810. The lowest BCUT2D eigenvalue weighted by Gasteiger charge is -2.45. The second-order valence-electron chi connectivity index (χ2n) is 8.26. The Morgan fingerprint density at radius 2 is 1.79 bits per heavy atom. The Balaban J connectivity index is 0.00000420. The van der Waals surface area contributed by atoms with Crippen molar-refractivity contribution in [3.63, 3.8) is 0 Å². The maximum Gasteiger partial charge on any atom is 0.191 e. The summed E-state index contributed by atoms with van der Waals surface area (Å²) >= 11 is 0. The molecule has 1 aromatic heterocycles. The molecule has 0 spiro atoms. The first-order chi connectivity index (χ1) is 13.3. The molecular weight excluding hydrogens is 481 g/mol. The SMILES string of the molecule is CCNC(=NCc1c(CC)noc1CC)NCC(C)(C)N1CC(C)OC(C)C1.I. The standard InChI is InChI=1S/C21H39N5O2.HI/c1-8-18-17(19(9-2)28-25-18)11-23-20(22-10-3)24-14-21(6,7)26-12-15(4)27-16(5)13-26;/h15-16H,8-14H2,1-7H3,(H2,22,23,24);1H. The summed E-state index contributed by atoms with van der Waals surface area (Å²) in [5.41, 5.74) is 2.13. The van der Waals surface area contributed by atoms with Gasteiger partial charge in [0.1, 0.15) is 5.76 Å². The van der Waals surface area contributed by atoms with Crippen LogP contribution >= 0.6 is 24.0 Å². The number of morpholine rings is 1. The number of aryl methyl sites for hydroxylation is 2. The summed E-state index contributed by atoms with van der Waals surface area (Å²) in [7, 11) is 0. The molecule has 1 fully saturated rings. The van der Waals surface area contributed by atoms with E-state index in [0.717, 1.165) is 62.0 Å². The zero-order chi connectivity index (χ0) is 20.7. The molecule has 1 aliphatic heterocycles. The fourth-order valence-electron chi connectivity index (χ4n) is 3.70. The van der Waals surface area contributed by atoms with Crippen LogP contribution in [0.15, 0.2) is 9.52 Å². The molecule has 1 aromatic rings. The van der Waals surface area contributed by atoms with Gasteiger partial charge in [-0.15, -0.1) is 24.0 Å². The Bertz CT molecular complexity index is 616. The Morgan fingerprint density at radius 1 is 1.14 bits per heavy atom. The number of nitrogens with one attached hydrogen (secondary N) is 2. The van der Waals surface area contributed by atoms with Gasteiger partial charge in [0.05, 0.1) is 24.4 Å². The molecule has 0 radical (unpaired) electrons. The summed E-state index contributed by atoms with van der Waals surface area (Å²) in [6, 6.07) is 0. The number of nitrogens with zero attached hydrogens (tertiary/aromatic N) is 3. The van der Waals surface area contributed by atoms with E-state index in [0.29, 0.717) is 6.54 Å². The molecule has 0 bridgehead atoms. The molecule has 0 amide bonds. The number of halogens is 1. The molecule has 2 unspecified atom stereocenters. The molecule has 2 atom stereocenters. The third-order valence-electron chi connectivity index (χ3n) is 5.31. The van der Waals surface area contributed by atoms with Crippen molar-refractivity contribution >= 4 is 29.9 Å². The van der Waals surface area contributed by atoms with E-state index in [9.17, 15) is 0 Å². The van der Waals surface area contributed by atoms with Crippen LogP contribution in [0.5, 0.6) is 0 Å². The molecule has 2 rings (SSSR count). The van der Waals surface area contributed by atoms with Crippen LogP contribution in [0.25, 0.3) is 0 Å². The number of guanidine groups is 1. The van der Waals surface area contributed by atoms with Crippen molar-refractivity contribution in [2.75, 3.05) is 26.2 Å². The zero-order valence-corrected chi connectivity index (χ0v) is 21.5. The van der Waals surface area contributed by atoms with E-state index in [2.05, 4.69) is 69.2 Å². The van der Waals surface area contributed by atoms with Crippen molar-refractivity contribution in [3.05, 3.63) is 17.0 Å². The van der Waals surface area contributed by atoms with Gasteiger partial charge in [0.25, 0.3) is 0 Å². The van der Waals surface area contributed by atoms with Crippen LogP contribution in [0.3, 0.4) is 0 Å². The molecular formula is C21H40IN5O2. The van der Waals surface area contributed by atoms with Gasteiger partial charge >= 0.3 is 0 Å². The van der Waals surface area contributed by atoms with Crippen LogP contribution < -0.4 is 10.6 Å². The van der Waals surface area contributed by atoms with Crippen LogP contribution in [-0.4, -0.2) is 59.9 Å². The molecule has 168 valence electrons. The zero-order valence-electron chi connectivity index (χ0n) is 19.2. The van der Waals surface area contributed by atoms with Gasteiger partial charge in [-0.1, -0.05) is 19.0 Å². The van der Waals surface area contributed by atoms with Gasteiger partial charge < -0.3 is 19.9 Å². The summed E-state index contributed by atoms with van der Waals surface area (Å²) in [6.45, 7) is 19.2. The van der Waals surface area contributed by atoms with E-state index in [1.807, 2.05) is 0 Å². The highest BCUT2D eigenvalue weighted by Gasteiger charge is 2.33. The minimum absolute atomic E-state index is 0. The first-order valence-electron chi connectivity index (χ1n) is 10.7. The molecule has 2 heterocycles. The van der Waals surface area contributed by atoms with Crippen LogP contribution in [-0.2, 0) is 24.1 Å². The Hall–Kier alpha value is -0.870. The van der Waals surface area contributed by atoms with Crippen molar-refractivity contribution in [1.29, 1.82) is 0 Å². The third kappa shape index (κ3) is 7.40. The summed E-state index contributed by atoms with van der Waals surface area (Å²) in [6.07, 6.45) is 2.22. The Morgan fingerprint density at radius 3 is 2.34 bits per heavy atom. The molecule has 1 saturated heterocycles. The molecule has 0 aliphatic carbocycles. The minimum Gasteiger partial charge on any atom is -0.373 e. The van der Waals surface area contributed by atoms with Crippen molar-refractivity contribution in [3.8, 4) is 0 Å². The number of aromatic nitrogens is 1. The molecule has 0 saturated carbocycles. The second kappa shape index (κ2) is 12.1. The first-order valence-corrected chi connectivity index (χ1v) is 10.7. The average Bonchev–Trinajstić information content (AvgIpc) is 3.05. The number of ether oxygens (including phenoxy) is 1. The molecule has 29 heavy (non-hydrogen) atoms. The van der Waals surface area contributed by atoms with Crippen LogP contribution in [0.2, 0.25) is 0 Å². The van der Waals surface area contributed by atoms with E-state index < -0.39 is 0 Å². The van der Waals surface area contributed by atoms with Gasteiger partial charge in [-0.05, 0) is 41.0 Å². The highest BCUT2D eigenvalue weighted by Crippen LogP contribution is 2.21. The van der Waals surface area contributed by atoms with Crippen LogP contribution in [0.1, 0.15) is 65.5 Å². The average molecular weight is 521 g/mol. The lowest BCUT2D eigenvalue weighted by atomic mass is 10.00. The molecule has 1 aliphatic rings. The van der Waals surface area contributed by atoms with Crippen molar-refractivity contribution < 1.29 is 9.26 Å². The fourth-order valence-corrected chi connectivity index (χ4v) is 3.70. The smallest absolute Gasteiger partial charge is 0.191 e. The summed E-state index contributed by atoms with van der Waals surface area (Å²) < 4.78 is 11.3. The van der Waals surface area contributed by atoms with E-state index in [4.69, 9.17) is 14.3 Å². The summed E-state index contributed by atoms with van der Waals surface area (Å²) in [5.74, 6) is 1.77. The predicted octanol–water partition coefficient (Wildman–Crippen LogP) is 3.36. The minimum atomic E-state index is 0. The predicted molar refractivity (Wildman–Crippen MR) is 129 cm³/mol. The summed E-state index contributed by atoms with van der Waals surface area (Å²) in [4.78, 5) is 7.31. The topological polar surface area (TPSA) is 74.9 Å². The Labute approximate surface area is 193 Å². The maximum atomic E-state index is 5.89. The highest BCUT2D eigenvalue weighted by molar-refractivity contribution is 14.0. The van der Waals surface area contributed by atoms with E-state index >= 15 is 0 Å². The van der Waals surface area contributed by atoms with Gasteiger partial charge in [0, 0.05) is 43.7 Å². The molecule has 7 nitrogen and oxygen atoms in total. The van der Waals surface area contributed by atoms with Crippen LogP contribution in [0.4, 0.5) is 0 Å².